The molecular weight excluding hydrogens is 414 g/mol. The van der Waals surface area contributed by atoms with Gasteiger partial charge in [-0.1, -0.05) is 0 Å². The molecule has 5 N–H and O–H groups in total. The maximum atomic E-state index is 11.8. The fourth-order valence-corrected chi connectivity index (χ4v) is 3.31. The number of hydrogen-bond acceptors (Lipinski definition) is 7. The van der Waals surface area contributed by atoms with Crippen LogP contribution in [0.3, 0.4) is 0 Å². The number of amides is 1. The van der Waals surface area contributed by atoms with Crippen LogP contribution in [-0.2, 0) is 0 Å². The quantitative estimate of drug-likeness (QED) is 0.549. The molecule has 0 saturated heterocycles. The van der Waals surface area contributed by atoms with Crippen molar-refractivity contribution in [3.05, 3.63) is 34.4 Å². The van der Waals surface area contributed by atoms with E-state index in [1.807, 2.05) is 0 Å². The summed E-state index contributed by atoms with van der Waals surface area (Å²) in [6, 6.07) is 5.25. The summed E-state index contributed by atoms with van der Waals surface area (Å²) in [4.78, 5) is 20.6. The monoisotopic (exact) mass is 435 g/mol. The van der Waals surface area contributed by atoms with Crippen LogP contribution in [0.2, 0.25) is 0 Å². The summed E-state index contributed by atoms with van der Waals surface area (Å²) >= 11 is 3.42. The lowest BCUT2D eigenvalue weighted by molar-refractivity contribution is 0.100. The van der Waals surface area contributed by atoms with Gasteiger partial charge in [0, 0.05) is 12.2 Å². The van der Waals surface area contributed by atoms with Crippen molar-refractivity contribution in [1.29, 1.82) is 0 Å². The highest BCUT2D eigenvalue weighted by molar-refractivity contribution is 9.10. The number of anilines is 3. The summed E-state index contributed by atoms with van der Waals surface area (Å²) in [5, 5.41) is 16.1. The molecule has 9 heteroatoms. The van der Waals surface area contributed by atoms with E-state index in [1.54, 1.807) is 24.4 Å². The number of primary amides is 1. The number of rotatable bonds is 6. The smallest absolute Gasteiger partial charge is 0.250 e. The van der Waals surface area contributed by atoms with Gasteiger partial charge in [-0.2, -0.15) is 4.98 Å². The van der Waals surface area contributed by atoms with Gasteiger partial charge in [0.15, 0.2) is 0 Å². The van der Waals surface area contributed by atoms with Gasteiger partial charge in [0.05, 0.1) is 28.9 Å². The maximum Gasteiger partial charge on any atom is 0.250 e. The molecule has 1 aromatic carbocycles. The van der Waals surface area contributed by atoms with Crippen LogP contribution in [0.4, 0.5) is 17.5 Å². The van der Waals surface area contributed by atoms with Crippen LogP contribution in [0.1, 0.15) is 36.0 Å². The van der Waals surface area contributed by atoms with Crippen molar-refractivity contribution in [2.45, 2.75) is 37.8 Å². The van der Waals surface area contributed by atoms with Crippen molar-refractivity contribution in [3.8, 4) is 5.75 Å². The third-order valence-corrected chi connectivity index (χ3v) is 5.10. The predicted octanol–water partition coefficient (Wildman–Crippen LogP) is 2.81. The molecule has 0 aliphatic heterocycles. The highest BCUT2D eigenvalue weighted by atomic mass is 79.9. The zero-order valence-corrected chi connectivity index (χ0v) is 16.5. The molecule has 2 aromatic rings. The summed E-state index contributed by atoms with van der Waals surface area (Å²) in [6.45, 7) is 0. The van der Waals surface area contributed by atoms with Crippen LogP contribution in [0, 0.1) is 0 Å². The average molecular weight is 436 g/mol. The summed E-state index contributed by atoms with van der Waals surface area (Å²) in [6.07, 6.45) is 4.71. The molecule has 144 valence electrons. The summed E-state index contributed by atoms with van der Waals surface area (Å²) in [5.41, 5.74) is 6.31. The largest absolute Gasteiger partial charge is 0.497 e. The lowest BCUT2D eigenvalue weighted by atomic mass is 9.93. The number of aliphatic hydroxyl groups excluding tert-OH is 1. The van der Waals surface area contributed by atoms with Gasteiger partial charge in [0.1, 0.15) is 11.6 Å². The van der Waals surface area contributed by atoms with Crippen LogP contribution >= 0.6 is 15.9 Å². The van der Waals surface area contributed by atoms with Gasteiger partial charge in [-0.15, -0.1) is 0 Å². The Kier molecular flexibility index (Phi) is 6.12. The summed E-state index contributed by atoms with van der Waals surface area (Å²) in [7, 11) is 1.52. The van der Waals surface area contributed by atoms with E-state index in [1.165, 1.54) is 7.11 Å². The first-order chi connectivity index (χ1) is 13.0. The van der Waals surface area contributed by atoms with Crippen molar-refractivity contribution >= 4 is 39.3 Å². The van der Waals surface area contributed by atoms with Crippen LogP contribution < -0.4 is 21.1 Å². The van der Waals surface area contributed by atoms with Gasteiger partial charge in [0.25, 0.3) is 5.91 Å². The third kappa shape index (κ3) is 4.86. The number of benzene rings is 1. The zero-order chi connectivity index (χ0) is 19.4. The standard InChI is InChI=1S/C18H22BrN5O3/c1-27-12-6-7-15(13(8-12)16(20)26)23-17-14(19)9-21-18(24-17)22-10-2-4-11(25)5-3-10/h6-11,25H,2-5H2,1H3,(H2,20,26)(H2,21,22,23,24). The molecule has 0 bridgehead atoms. The Balaban J connectivity index is 1.80. The number of ether oxygens (including phenoxy) is 1. The Labute approximate surface area is 165 Å². The normalized spacial score (nSPS) is 19.4. The highest BCUT2D eigenvalue weighted by Crippen LogP contribution is 2.29. The van der Waals surface area contributed by atoms with Crippen molar-refractivity contribution in [1.82, 2.24) is 9.97 Å². The molecule has 1 aromatic heterocycles. The molecule has 3 rings (SSSR count). The van der Waals surface area contributed by atoms with Crippen molar-refractivity contribution in [2.24, 2.45) is 5.73 Å². The number of aliphatic hydroxyl groups is 1. The van der Waals surface area contributed by atoms with Crippen LogP contribution in [0.5, 0.6) is 5.75 Å². The van der Waals surface area contributed by atoms with E-state index in [9.17, 15) is 9.90 Å². The lowest BCUT2D eigenvalue weighted by Crippen LogP contribution is -2.29. The Hall–Kier alpha value is -2.39. The predicted molar refractivity (Wildman–Crippen MR) is 106 cm³/mol. The number of nitrogens with one attached hydrogen (secondary N) is 2. The topological polar surface area (TPSA) is 122 Å². The first-order valence-electron chi connectivity index (χ1n) is 8.68. The van der Waals surface area contributed by atoms with Gasteiger partial charge < -0.3 is 26.2 Å². The number of hydrogen-bond donors (Lipinski definition) is 4. The second-order valence-corrected chi connectivity index (χ2v) is 7.30. The third-order valence-electron chi connectivity index (χ3n) is 4.52. The number of carbonyl (C=O) groups is 1. The fraction of sp³-hybridized carbons (Fsp3) is 0.389. The van der Waals surface area contributed by atoms with Gasteiger partial charge in [0.2, 0.25) is 5.95 Å². The Morgan fingerprint density at radius 1 is 1.33 bits per heavy atom. The number of nitrogens with two attached hydrogens (primary N) is 1. The number of carbonyl (C=O) groups excluding carboxylic acids is 1. The number of nitrogens with zero attached hydrogens (tertiary/aromatic N) is 2. The van der Waals surface area contributed by atoms with E-state index in [-0.39, 0.29) is 12.1 Å². The minimum atomic E-state index is -0.569. The first kappa shape index (κ1) is 19.4. The number of methoxy groups -OCH3 is 1. The van der Waals surface area contributed by atoms with Crippen molar-refractivity contribution in [3.63, 3.8) is 0 Å². The molecule has 27 heavy (non-hydrogen) atoms. The average Bonchev–Trinajstić information content (AvgIpc) is 2.66. The Bertz CT molecular complexity index is 825. The van der Waals surface area contributed by atoms with Crippen molar-refractivity contribution in [2.75, 3.05) is 17.7 Å². The van der Waals surface area contributed by atoms with Crippen LogP contribution in [0.15, 0.2) is 28.9 Å². The van der Waals surface area contributed by atoms with E-state index in [0.717, 1.165) is 25.7 Å². The molecule has 1 amide bonds. The minimum Gasteiger partial charge on any atom is -0.497 e. The second kappa shape index (κ2) is 8.53. The minimum absolute atomic E-state index is 0.214. The molecule has 0 unspecified atom stereocenters. The van der Waals surface area contributed by atoms with E-state index in [2.05, 4.69) is 36.5 Å². The van der Waals surface area contributed by atoms with E-state index < -0.39 is 5.91 Å². The second-order valence-electron chi connectivity index (χ2n) is 6.44. The Morgan fingerprint density at radius 2 is 2.07 bits per heavy atom. The van der Waals surface area contributed by atoms with Gasteiger partial charge in [-0.25, -0.2) is 4.98 Å². The highest BCUT2D eigenvalue weighted by Gasteiger charge is 2.20. The van der Waals surface area contributed by atoms with Gasteiger partial charge in [-0.3, -0.25) is 4.79 Å². The SMILES string of the molecule is COc1ccc(Nc2nc(NC3CCC(O)CC3)ncc2Br)c(C(N)=O)c1. The molecule has 1 aliphatic rings. The van der Waals surface area contributed by atoms with Crippen LogP contribution in [0.25, 0.3) is 0 Å². The van der Waals surface area contributed by atoms with Gasteiger partial charge >= 0.3 is 0 Å². The van der Waals surface area contributed by atoms with E-state index in [4.69, 9.17) is 10.5 Å². The fourth-order valence-electron chi connectivity index (χ4n) is 3.02. The molecule has 8 nitrogen and oxygen atoms in total. The first-order valence-corrected chi connectivity index (χ1v) is 9.47. The van der Waals surface area contributed by atoms with E-state index in [0.29, 0.717) is 33.2 Å². The molecular formula is C18H22BrN5O3. The lowest BCUT2D eigenvalue weighted by Gasteiger charge is -2.26. The molecule has 0 spiro atoms. The molecule has 1 fully saturated rings. The zero-order valence-electron chi connectivity index (χ0n) is 14.9. The van der Waals surface area contributed by atoms with Crippen LogP contribution in [-0.4, -0.2) is 40.2 Å². The number of aromatic nitrogens is 2. The van der Waals surface area contributed by atoms with Crippen molar-refractivity contribution < 1.29 is 14.6 Å². The Morgan fingerprint density at radius 3 is 2.74 bits per heavy atom. The molecule has 1 heterocycles. The van der Waals surface area contributed by atoms with Gasteiger partial charge in [-0.05, 0) is 59.8 Å². The molecule has 0 atom stereocenters. The molecule has 1 aliphatic carbocycles. The van der Waals surface area contributed by atoms with E-state index >= 15 is 0 Å². The number of halogens is 1. The molecule has 1 saturated carbocycles. The molecule has 0 radical (unpaired) electrons. The maximum absolute atomic E-state index is 11.8. The summed E-state index contributed by atoms with van der Waals surface area (Å²) < 4.78 is 5.80. The summed E-state index contributed by atoms with van der Waals surface area (Å²) in [5.74, 6) is 0.964.